The quantitative estimate of drug-likeness (QED) is 0.791. The number of aryl methyl sites for hydroxylation is 1. The van der Waals surface area contributed by atoms with E-state index in [-0.39, 0.29) is 18.1 Å². The van der Waals surface area contributed by atoms with Gasteiger partial charge in [0, 0.05) is 10.6 Å². The van der Waals surface area contributed by atoms with Crippen LogP contribution in [0.1, 0.15) is 22.9 Å². The number of carbonyl (C=O) groups excluding carboxylic acids is 2. The highest BCUT2D eigenvalue weighted by atomic mass is 32.1. The first-order valence-corrected chi connectivity index (χ1v) is 7.49. The number of carbonyl (C=O) groups is 2. The number of primary amides is 1. The molecule has 0 spiro atoms. The maximum atomic E-state index is 13.1. The van der Waals surface area contributed by atoms with E-state index in [0.29, 0.717) is 11.3 Å². The van der Waals surface area contributed by atoms with Gasteiger partial charge >= 0.3 is 6.03 Å². The highest BCUT2D eigenvalue weighted by molar-refractivity contribution is 7.10. The minimum Gasteiger partial charge on any atom is -0.352 e. The smallest absolute Gasteiger partial charge is 0.312 e. The summed E-state index contributed by atoms with van der Waals surface area (Å²) >= 11 is 1.43. The Morgan fingerprint density at radius 2 is 2.14 bits per heavy atom. The zero-order valence-electron chi connectivity index (χ0n) is 11.9. The van der Waals surface area contributed by atoms with E-state index in [1.54, 1.807) is 6.92 Å². The van der Waals surface area contributed by atoms with E-state index in [4.69, 9.17) is 5.73 Å². The second kappa shape index (κ2) is 7.04. The molecule has 116 valence electrons. The molecule has 0 aliphatic heterocycles. The monoisotopic (exact) mass is 321 g/mol. The van der Waals surface area contributed by atoms with E-state index in [2.05, 4.69) is 10.6 Å². The van der Waals surface area contributed by atoms with Gasteiger partial charge in [-0.2, -0.15) is 0 Å². The first-order valence-electron chi connectivity index (χ1n) is 6.61. The van der Waals surface area contributed by atoms with Gasteiger partial charge in [0.15, 0.2) is 0 Å². The lowest BCUT2D eigenvalue weighted by atomic mass is 10.1. The van der Waals surface area contributed by atoms with Crippen molar-refractivity contribution < 1.29 is 14.0 Å². The average Bonchev–Trinajstić information content (AvgIpc) is 2.95. The predicted molar refractivity (Wildman–Crippen MR) is 84.2 cm³/mol. The topological polar surface area (TPSA) is 84.2 Å². The molecule has 0 bridgehead atoms. The Bertz CT molecular complexity index is 673. The molecule has 0 saturated heterocycles. The molecule has 0 aliphatic carbocycles. The van der Waals surface area contributed by atoms with Crippen molar-refractivity contribution in [1.29, 1.82) is 0 Å². The zero-order valence-corrected chi connectivity index (χ0v) is 12.7. The zero-order chi connectivity index (χ0) is 16.1. The number of thiophene rings is 1. The van der Waals surface area contributed by atoms with Crippen molar-refractivity contribution in [3.63, 3.8) is 0 Å². The average molecular weight is 321 g/mol. The van der Waals surface area contributed by atoms with Crippen molar-refractivity contribution >= 4 is 29.0 Å². The number of amides is 3. The molecule has 22 heavy (non-hydrogen) atoms. The summed E-state index contributed by atoms with van der Waals surface area (Å²) in [6, 6.07) is 6.60. The lowest BCUT2D eigenvalue weighted by Crippen LogP contribution is -2.34. The molecule has 0 radical (unpaired) electrons. The largest absolute Gasteiger partial charge is 0.352 e. The van der Waals surface area contributed by atoms with Gasteiger partial charge in [0.2, 0.25) is 5.91 Å². The number of nitrogens with two attached hydrogens (primary N) is 1. The van der Waals surface area contributed by atoms with Crippen molar-refractivity contribution in [2.75, 3.05) is 5.32 Å². The first kappa shape index (κ1) is 16.0. The van der Waals surface area contributed by atoms with Crippen LogP contribution in [0.25, 0.3) is 0 Å². The highest BCUT2D eigenvalue weighted by Crippen LogP contribution is 2.23. The fourth-order valence-corrected chi connectivity index (χ4v) is 2.82. The molecule has 2 aromatic rings. The van der Waals surface area contributed by atoms with Crippen LogP contribution in [0, 0.1) is 12.7 Å². The van der Waals surface area contributed by atoms with Gasteiger partial charge in [-0.25, -0.2) is 9.18 Å². The van der Waals surface area contributed by atoms with Gasteiger partial charge in [0.05, 0.1) is 12.5 Å². The van der Waals surface area contributed by atoms with E-state index in [1.165, 1.54) is 29.5 Å². The normalized spacial score (nSPS) is 11.7. The fourth-order valence-electron chi connectivity index (χ4n) is 2.04. The molecule has 4 N–H and O–H groups in total. The third-order valence-electron chi connectivity index (χ3n) is 3.06. The standard InChI is InChI=1S/C15H16FN3O2S/c1-9-7-10(16)4-5-11(9)18-14(20)8-12(19-15(17)21)13-3-2-6-22-13/h2-7,12H,8H2,1H3,(H,18,20)(H3,17,19,21). The minimum absolute atomic E-state index is 0.0419. The van der Waals surface area contributed by atoms with Gasteiger partial charge in [-0.05, 0) is 42.1 Å². The lowest BCUT2D eigenvalue weighted by molar-refractivity contribution is -0.116. The predicted octanol–water partition coefficient (Wildman–Crippen LogP) is 2.93. The van der Waals surface area contributed by atoms with Crippen LogP contribution >= 0.6 is 11.3 Å². The van der Waals surface area contributed by atoms with Gasteiger partial charge in [0.25, 0.3) is 0 Å². The summed E-state index contributed by atoms with van der Waals surface area (Å²) in [7, 11) is 0. The van der Waals surface area contributed by atoms with E-state index in [0.717, 1.165) is 4.88 Å². The number of anilines is 1. The number of urea groups is 1. The van der Waals surface area contributed by atoms with Crippen LogP contribution in [-0.2, 0) is 4.79 Å². The molecule has 1 aromatic carbocycles. The molecule has 7 heteroatoms. The summed E-state index contributed by atoms with van der Waals surface area (Å²) in [4.78, 5) is 24.1. The second-order valence-corrected chi connectivity index (χ2v) is 5.77. The third-order valence-corrected chi connectivity index (χ3v) is 4.04. The summed E-state index contributed by atoms with van der Waals surface area (Å²) in [6.07, 6.45) is 0.0419. The van der Waals surface area contributed by atoms with Crippen LogP contribution in [0.4, 0.5) is 14.9 Å². The van der Waals surface area contributed by atoms with E-state index >= 15 is 0 Å². The molecule has 3 amide bonds. The fraction of sp³-hybridized carbons (Fsp3) is 0.200. The van der Waals surface area contributed by atoms with Crippen molar-refractivity contribution in [1.82, 2.24) is 5.32 Å². The summed E-state index contributed by atoms with van der Waals surface area (Å²) < 4.78 is 13.1. The first-order chi connectivity index (χ1) is 10.5. The van der Waals surface area contributed by atoms with Crippen LogP contribution in [0.3, 0.4) is 0 Å². The van der Waals surface area contributed by atoms with Gasteiger partial charge in [-0.15, -0.1) is 11.3 Å². The van der Waals surface area contributed by atoms with Gasteiger partial charge < -0.3 is 16.4 Å². The summed E-state index contributed by atoms with van der Waals surface area (Å²) in [5.41, 5.74) is 6.32. The Kier molecular flexibility index (Phi) is 5.11. The number of halogens is 1. The number of rotatable bonds is 5. The molecule has 0 aliphatic rings. The van der Waals surface area contributed by atoms with E-state index < -0.39 is 12.1 Å². The molecule has 1 atom stereocenters. The number of benzene rings is 1. The van der Waals surface area contributed by atoms with Crippen molar-refractivity contribution in [3.05, 3.63) is 52.0 Å². The van der Waals surface area contributed by atoms with Crippen molar-refractivity contribution in [2.45, 2.75) is 19.4 Å². The summed E-state index contributed by atoms with van der Waals surface area (Å²) in [5, 5.41) is 7.12. The molecular formula is C15H16FN3O2S. The molecule has 0 saturated carbocycles. The van der Waals surface area contributed by atoms with E-state index in [9.17, 15) is 14.0 Å². The molecule has 0 fully saturated rings. The van der Waals surface area contributed by atoms with Crippen LogP contribution in [0.2, 0.25) is 0 Å². The van der Waals surface area contributed by atoms with Crippen LogP contribution in [0.5, 0.6) is 0 Å². The van der Waals surface area contributed by atoms with Gasteiger partial charge in [-0.1, -0.05) is 6.07 Å². The lowest BCUT2D eigenvalue weighted by Gasteiger charge is -2.16. The van der Waals surface area contributed by atoms with Crippen LogP contribution in [0.15, 0.2) is 35.7 Å². The maximum absolute atomic E-state index is 13.1. The van der Waals surface area contributed by atoms with Crippen LogP contribution in [-0.4, -0.2) is 11.9 Å². The van der Waals surface area contributed by atoms with E-state index in [1.807, 2.05) is 17.5 Å². The van der Waals surface area contributed by atoms with Gasteiger partial charge in [-0.3, -0.25) is 4.79 Å². The number of hydrogen-bond donors (Lipinski definition) is 3. The maximum Gasteiger partial charge on any atom is 0.312 e. The van der Waals surface area contributed by atoms with Crippen LogP contribution < -0.4 is 16.4 Å². The summed E-state index contributed by atoms with van der Waals surface area (Å²) in [6.45, 7) is 1.71. The summed E-state index contributed by atoms with van der Waals surface area (Å²) in [5.74, 6) is -0.649. The third kappa shape index (κ3) is 4.29. The van der Waals surface area contributed by atoms with Crippen molar-refractivity contribution in [3.8, 4) is 0 Å². The number of hydrogen-bond acceptors (Lipinski definition) is 3. The molecule has 5 nitrogen and oxygen atoms in total. The molecule has 1 aromatic heterocycles. The van der Waals surface area contributed by atoms with Gasteiger partial charge in [0.1, 0.15) is 5.82 Å². The molecular weight excluding hydrogens is 305 g/mol. The molecule has 2 rings (SSSR count). The molecule has 1 unspecified atom stereocenters. The highest BCUT2D eigenvalue weighted by Gasteiger charge is 2.18. The van der Waals surface area contributed by atoms with Crippen molar-refractivity contribution in [2.24, 2.45) is 5.73 Å². The second-order valence-electron chi connectivity index (χ2n) is 4.79. The minimum atomic E-state index is -0.691. The Labute approximate surface area is 131 Å². The number of nitrogens with one attached hydrogen (secondary N) is 2. The Morgan fingerprint density at radius 3 is 2.73 bits per heavy atom. The molecule has 1 heterocycles. The Balaban J connectivity index is 2.06. The Hall–Kier alpha value is -2.41. The SMILES string of the molecule is Cc1cc(F)ccc1NC(=O)CC(NC(N)=O)c1cccs1. The Morgan fingerprint density at radius 1 is 1.36 bits per heavy atom.